The third-order valence-electron chi connectivity index (χ3n) is 7.63. The van der Waals surface area contributed by atoms with Gasteiger partial charge in [-0.2, -0.15) is 0 Å². The van der Waals surface area contributed by atoms with Crippen LogP contribution in [0.15, 0.2) is 0 Å². The Labute approximate surface area is 171 Å². The molecule has 29 heavy (non-hydrogen) atoms. The number of nitrogens with zero attached hydrogens (tertiary/aromatic N) is 3. The second-order valence-corrected chi connectivity index (χ2v) is 9.79. The second-order valence-electron chi connectivity index (χ2n) is 9.79. The van der Waals surface area contributed by atoms with E-state index in [0.29, 0.717) is 18.9 Å². The molecule has 0 unspecified atom stereocenters. The molecule has 0 atom stereocenters. The first-order valence-corrected chi connectivity index (χ1v) is 11.0. The predicted molar refractivity (Wildman–Crippen MR) is 114 cm³/mol. The monoisotopic (exact) mass is 396 g/mol. The number of rotatable bonds is 4. The zero-order valence-electron chi connectivity index (χ0n) is 17.7. The minimum Gasteiger partial charge on any atom is -0.382 e. The number of aromatic nitrogens is 3. The van der Waals surface area contributed by atoms with E-state index in [1.165, 1.54) is 38.5 Å². The lowest BCUT2D eigenvalue weighted by atomic mass is 9.53. The molecule has 4 saturated carbocycles. The minimum absolute atomic E-state index is 0.0249. The Hall–Kier alpha value is -2.31. The standard InChI is InChI=1S/C22H32N6O/c1-12-13(2)25-20(23)18-19(12)28(14(3)26-18)5-4-24-21(29)27-22-9-15-6-16(10-22)8-17(7-15)11-22/h15-17H,4-11H2,1-3H3,(H2,23,25)(H2,24,27,29). The van der Waals surface area contributed by atoms with Gasteiger partial charge in [-0.3, -0.25) is 0 Å². The Morgan fingerprint density at radius 2 is 1.72 bits per heavy atom. The molecule has 0 aromatic carbocycles. The number of imidazole rings is 1. The smallest absolute Gasteiger partial charge is 0.315 e. The number of nitrogen functional groups attached to an aromatic ring is 1. The van der Waals surface area contributed by atoms with Crippen LogP contribution >= 0.6 is 0 Å². The Balaban J connectivity index is 1.25. The average Bonchev–Trinajstić information content (AvgIpc) is 2.95. The molecule has 2 aromatic heterocycles. The first kappa shape index (κ1) is 18.7. The first-order valence-electron chi connectivity index (χ1n) is 11.0. The highest BCUT2D eigenvalue weighted by Crippen LogP contribution is 2.55. The number of nitrogens with two attached hydrogens (primary N) is 1. The molecule has 0 aliphatic heterocycles. The van der Waals surface area contributed by atoms with Gasteiger partial charge in [0.15, 0.2) is 5.82 Å². The maximum absolute atomic E-state index is 12.7. The molecule has 2 aromatic rings. The second kappa shape index (κ2) is 6.61. The topological polar surface area (TPSA) is 97.9 Å². The molecule has 2 heterocycles. The molecule has 2 amide bonds. The zero-order valence-corrected chi connectivity index (χ0v) is 17.7. The fourth-order valence-corrected chi connectivity index (χ4v) is 6.72. The number of anilines is 1. The van der Waals surface area contributed by atoms with E-state index in [-0.39, 0.29) is 11.6 Å². The summed E-state index contributed by atoms with van der Waals surface area (Å²) in [5, 5.41) is 6.47. The molecule has 156 valence electrons. The number of fused-ring (bicyclic) bond motifs is 1. The number of carbonyl (C=O) groups is 1. The summed E-state index contributed by atoms with van der Waals surface area (Å²) in [7, 11) is 0. The van der Waals surface area contributed by atoms with Crippen molar-refractivity contribution in [2.75, 3.05) is 12.3 Å². The van der Waals surface area contributed by atoms with Crippen molar-refractivity contribution in [1.29, 1.82) is 0 Å². The number of pyridine rings is 1. The van der Waals surface area contributed by atoms with Crippen molar-refractivity contribution in [3.05, 3.63) is 17.1 Å². The zero-order chi connectivity index (χ0) is 20.3. The molecular weight excluding hydrogens is 364 g/mol. The van der Waals surface area contributed by atoms with Gasteiger partial charge >= 0.3 is 6.03 Å². The molecule has 6 rings (SSSR count). The number of carbonyl (C=O) groups excluding carboxylic acids is 1. The molecule has 7 nitrogen and oxygen atoms in total. The van der Waals surface area contributed by atoms with E-state index in [1.54, 1.807) is 0 Å². The van der Waals surface area contributed by atoms with Crippen LogP contribution in [0.4, 0.5) is 10.6 Å². The van der Waals surface area contributed by atoms with Crippen molar-refractivity contribution < 1.29 is 4.79 Å². The fraction of sp³-hybridized carbons (Fsp3) is 0.682. The van der Waals surface area contributed by atoms with Gasteiger partial charge in [0, 0.05) is 24.3 Å². The highest BCUT2D eigenvalue weighted by Gasteiger charge is 2.51. The van der Waals surface area contributed by atoms with Crippen LogP contribution in [-0.4, -0.2) is 32.6 Å². The first-order chi connectivity index (χ1) is 13.8. The third kappa shape index (κ3) is 3.15. The SMILES string of the molecule is Cc1nc(N)c2nc(C)n(CCNC(=O)NC34CC5CC(CC(C5)C3)C4)c2c1C. The molecule has 0 saturated heterocycles. The number of hydrogen-bond donors (Lipinski definition) is 3. The van der Waals surface area contributed by atoms with Gasteiger partial charge < -0.3 is 20.9 Å². The van der Waals surface area contributed by atoms with Crippen molar-refractivity contribution in [2.24, 2.45) is 17.8 Å². The molecule has 4 bridgehead atoms. The van der Waals surface area contributed by atoms with Crippen LogP contribution in [0.25, 0.3) is 11.0 Å². The molecule has 7 heteroatoms. The molecule has 4 aliphatic rings. The maximum atomic E-state index is 12.7. The third-order valence-corrected chi connectivity index (χ3v) is 7.63. The predicted octanol–water partition coefficient (Wildman–Crippen LogP) is 3.21. The molecule has 4 fully saturated rings. The highest BCUT2D eigenvalue weighted by molar-refractivity contribution is 5.88. The van der Waals surface area contributed by atoms with Gasteiger partial charge in [-0.1, -0.05) is 0 Å². The lowest BCUT2D eigenvalue weighted by Gasteiger charge is -2.56. The van der Waals surface area contributed by atoms with Gasteiger partial charge in [0.05, 0.1) is 5.52 Å². The summed E-state index contributed by atoms with van der Waals surface area (Å²) in [6.07, 6.45) is 7.65. The summed E-state index contributed by atoms with van der Waals surface area (Å²) in [6, 6.07) is -0.0249. The normalized spacial score (nSPS) is 30.1. The summed E-state index contributed by atoms with van der Waals surface area (Å²) < 4.78 is 2.14. The number of urea groups is 1. The Morgan fingerprint density at radius 1 is 1.10 bits per heavy atom. The molecule has 4 aliphatic carbocycles. The quantitative estimate of drug-likeness (QED) is 0.739. The highest BCUT2D eigenvalue weighted by atomic mass is 16.2. The van der Waals surface area contributed by atoms with Gasteiger partial charge in [-0.05, 0) is 82.6 Å². The van der Waals surface area contributed by atoms with Crippen molar-refractivity contribution in [2.45, 2.75) is 71.4 Å². The molecule has 4 N–H and O–H groups in total. The summed E-state index contributed by atoms with van der Waals surface area (Å²) in [6.45, 7) is 7.22. The summed E-state index contributed by atoms with van der Waals surface area (Å²) >= 11 is 0. The van der Waals surface area contributed by atoms with Crippen LogP contribution in [0.2, 0.25) is 0 Å². The molecule has 0 spiro atoms. The number of hydrogen-bond acceptors (Lipinski definition) is 4. The summed E-state index contributed by atoms with van der Waals surface area (Å²) in [5.74, 6) is 3.84. The largest absolute Gasteiger partial charge is 0.382 e. The van der Waals surface area contributed by atoms with Gasteiger partial charge in [-0.15, -0.1) is 0 Å². The van der Waals surface area contributed by atoms with Crippen molar-refractivity contribution in [3.8, 4) is 0 Å². The summed E-state index contributed by atoms with van der Waals surface area (Å²) in [4.78, 5) is 21.7. The van der Waals surface area contributed by atoms with Crippen LogP contribution in [0.3, 0.4) is 0 Å². The number of aryl methyl sites for hydroxylation is 3. The lowest BCUT2D eigenvalue weighted by molar-refractivity contribution is -0.0135. The number of nitrogens with one attached hydrogen (secondary N) is 2. The van der Waals surface area contributed by atoms with Crippen LogP contribution in [0.1, 0.15) is 55.6 Å². The van der Waals surface area contributed by atoms with E-state index in [4.69, 9.17) is 5.73 Å². The van der Waals surface area contributed by atoms with Crippen LogP contribution < -0.4 is 16.4 Å². The average molecular weight is 397 g/mol. The molecule has 0 radical (unpaired) electrons. The van der Waals surface area contributed by atoms with E-state index in [1.807, 2.05) is 13.8 Å². The van der Waals surface area contributed by atoms with E-state index >= 15 is 0 Å². The Bertz CT molecular complexity index is 942. The van der Waals surface area contributed by atoms with Gasteiger partial charge in [0.1, 0.15) is 11.3 Å². The van der Waals surface area contributed by atoms with Crippen LogP contribution in [0.5, 0.6) is 0 Å². The van der Waals surface area contributed by atoms with Crippen molar-refractivity contribution in [1.82, 2.24) is 25.2 Å². The van der Waals surface area contributed by atoms with Gasteiger partial charge in [-0.25, -0.2) is 14.8 Å². The van der Waals surface area contributed by atoms with Crippen molar-refractivity contribution in [3.63, 3.8) is 0 Å². The van der Waals surface area contributed by atoms with Gasteiger partial charge in [0.25, 0.3) is 0 Å². The van der Waals surface area contributed by atoms with E-state index in [2.05, 4.69) is 32.1 Å². The fourth-order valence-electron chi connectivity index (χ4n) is 6.72. The number of amides is 2. The van der Waals surface area contributed by atoms with Crippen LogP contribution in [-0.2, 0) is 6.54 Å². The minimum atomic E-state index is -0.0249. The Morgan fingerprint density at radius 3 is 2.34 bits per heavy atom. The molecular formula is C22H32N6O. The van der Waals surface area contributed by atoms with E-state index in [9.17, 15) is 4.79 Å². The Kier molecular flexibility index (Phi) is 4.26. The van der Waals surface area contributed by atoms with E-state index < -0.39 is 0 Å². The van der Waals surface area contributed by atoms with Crippen molar-refractivity contribution >= 4 is 22.9 Å². The van der Waals surface area contributed by atoms with Crippen LogP contribution in [0, 0.1) is 38.5 Å². The lowest BCUT2D eigenvalue weighted by Crippen LogP contribution is -2.61. The summed E-state index contributed by atoms with van der Waals surface area (Å²) in [5.41, 5.74) is 9.92. The van der Waals surface area contributed by atoms with Gasteiger partial charge in [0.2, 0.25) is 0 Å². The maximum Gasteiger partial charge on any atom is 0.315 e. The van der Waals surface area contributed by atoms with E-state index in [0.717, 1.165) is 45.9 Å².